The van der Waals surface area contributed by atoms with Gasteiger partial charge >= 0.3 is 0 Å². The summed E-state index contributed by atoms with van der Waals surface area (Å²) in [5, 5.41) is 11.8. The van der Waals surface area contributed by atoms with Gasteiger partial charge in [0.1, 0.15) is 17.5 Å². The minimum absolute atomic E-state index is 0.0101. The van der Waals surface area contributed by atoms with E-state index in [4.69, 9.17) is 10.8 Å². The van der Waals surface area contributed by atoms with Crippen LogP contribution in [0.4, 0.5) is 5.69 Å². The first kappa shape index (κ1) is 18.7. The van der Waals surface area contributed by atoms with Gasteiger partial charge in [-0.1, -0.05) is 48.6 Å². The quantitative estimate of drug-likeness (QED) is 0.267. The minimum atomic E-state index is -0.560. The van der Waals surface area contributed by atoms with Crippen LogP contribution in [0.15, 0.2) is 106 Å². The normalized spacial score (nSPS) is 20.8. The predicted octanol–water partition coefficient (Wildman–Crippen LogP) is 3.54. The van der Waals surface area contributed by atoms with Crippen LogP contribution >= 0.6 is 0 Å². The van der Waals surface area contributed by atoms with Crippen LogP contribution in [0.1, 0.15) is 21.5 Å². The van der Waals surface area contributed by atoms with Gasteiger partial charge in [-0.05, 0) is 12.1 Å². The molecule has 5 rings (SSSR count). The van der Waals surface area contributed by atoms with E-state index in [1.165, 1.54) is 12.1 Å². The Morgan fingerprint density at radius 2 is 1.90 bits per heavy atom. The average molecular weight is 410 g/mol. The third kappa shape index (κ3) is 2.90. The number of aliphatic imine (C=N–C) groups is 2. The Hall–Kier alpha value is -4.27. The van der Waals surface area contributed by atoms with Crippen LogP contribution in [0.5, 0.6) is 0 Å². The van der Waals surface area contributed by atoms with E-state index in [0.717, 1.165) is 5.57 Å². The van der Waals surface area contributed by atoms with Gasteiger partial charge in [0.15, 0.2) is 5.78 Å². The Bertz CT molecular complexity index is 1330. The summed E-state index contributed by atoms with van der Waals surface area (Å²) in [7, 11) is 0. The number of nitro groups is 1. The van der Waals surface area contributed by atoms with Crippen molar-refractivity contribution in [2.45, 2.75) is 0 Å². The highest BCUT2D eigenvalue weighted by Gasteiger charge is 2.45. The molecule has 0 aromatic heterocycles. The zero-order valence-corrected chi connectivity index (χ0v) is 16.2. The number of hydrogen-bond acceptors (Lipinski definition) is 6. The van der Waals surface area contributed by atoms with Crippen molar-refractivity contribution in [1.29, 1.82) is 0 Å². The van der Waals surface area contributed by atoms with Crippen LogP contribution in [-0.2, 0) is 0 Å². The maximum absolute atomic E-state index is 12.9. The summed E-state index contributed by atoms with van der Waals surface area (Å²) in [5.41, 5.74) is 2.79. The van der Waals surface area contributed by atoms with Crippen molar-refractivity contribution in [3.05, 3.63) is 123 Å². The van der Waals surface area contributed by atoms with E-state index in [1.54, 1.807) is 55.0 Å². The average Bonchev–Trinajstić information content (AvgIpc) is 3.05. The van der Waals surface area contributed by atoms with Gasteiger partial charge in [-0.2, -0.15) is 10.8 Å². The van der Waals surface area contributed by atoms with E-state index in [9.17, 15) is 14.9 Å². The number of ketones is 1. The molecule has 1 atom stereocenters. The molecule has 1 aliphatic carbocycles. The molecule has 150 valence electrons. The van der Waals surface area contributed by atoms with Crippen molar-refractivity contribution >= 4 is 23.5 Å². The Balaban J connectivity index is 1.61. The molecule has 0 amide bonds. The fourth-order valence-corrected chi connectivity index (χ4v) is 3.70. The van der Waals surface area contributed by atoms with Crippen LogP contribution in [-0.4, -0.2) is 27.3 Å². The minimum Gasteiger partial charge on any atom is -0.288 e. The molecule has 2 aromatic rings. The van der Waals surface area contributed by atoms with Crippen LogP contribution in [0.3, 0.4) is 0 Å². The van der Waals surface area contributed by atoms with Crippen molar-refractivity contribution in [2.75, 3.05) is 0 Å². The molecule has 0 bridgehead atoms. The summed E-state index contributed by atoms with van der Waals surface area (Å²) in [6.07, 6.45) is 10.6. The highest BCUT2D eigenvalue weighted by molar-refractivity contribution is 6.12. The van der Waals surface area contributed by atoms with Crippen LogP contribution in [0.2, 0.25) is 0 Å². The maximum atomic E-state index is 12.9. The number of allylic oxidation sites excluding steroid dienone is 4. The lowest BCUT2D eigenvalue weighted by Gasteiger charge is -2.26. The lowest BCUT2D eigenvalue weighted by molar-refractivity contribution is -0.750. The van der Waals surface area contributed by atoms with Gasteiger partial charge < -0.3 is 0 Å². The topological polar surface area (TPSA) is 111 Å². The number of amidine groups is 1. The molecule has 31 heavy (non-hydrogen) atoms. The van der Waals surface area contributed by atoms with E-state index < -0.39 is 10.7 Å². The summed E-state index contributed by atoms with van der Waals surface area (Å²) in [5.74, 6) is 6.64. The summed E-state index contributed by atoms with van der Waals surface area (Å²) in [6, 6.07) is 12.9. The molecule has 2 heterocycles. The number of nitro benzene ring substituents is 1. The molecule has 3 aliphatic rings. The van der Waals surface area contributed by atoms with E-state index in [-0.39, 0.29) is 15.8 Å². The van der Waals surface area contributed by atoms with Gasteiger partial charge in [0.05, 0.1) is 22.9 Å². The molecule has 0 fully saturated rings. The second kappa shape index (κ2) is 6.91. The second-order valence-electron chi connectivity index (χ2n) is 7.19. The largest absolute Gasteiger partial charge is 0.288 e. The van der Waals surface area contributed by atoms with Crippen LogP contribution in [0.25, 0.3) is 0 Å². The van der Waals surface area contributed by atoms with E-state index in [0.29, 0.717) is 28.4 Å². The first-order valence-electron chi connectivity index (χ1n) is 9.48. The number of hydrogen-bond donors (Lipinski definition) is 1. The molecule has 2 aliphatic heterocycles. The number of benzene rings is 2. The lowest BCUT2D eigenvalue weighted by Crippen LogP contribution is -2.53. The number of nitrogens with zero attached hydrogens (tertiary/aromatic N) is 4. The van der Waals surface area contributed by atoms with Crippen LogP contribution < -0.4 is 5.84 Å². The fourth-order valence-electron chi connectivity index (χ4n) is 3.70. The van der Waals surface area contributed by atoms with Crippen molar-refractivity contribution in [3.8, 4) is 0 Å². The van der Waals surface area contributed by atoms with Crippen molar-refractivity contribution in [3.63, 3.8) is 0 Å². The molecule has 0 spiro atoms. The Kier molecular flexibility index (Phi) is 4.18. The molecule has 8 nitrogen and oxygen atoms in total. The third-order valence-corrected chi connectivity index (χ3v) is 5.35. The summed E-state index contributed by atoms with van der Waals surface area (Å²) >= 11 is 0. The summed E-state index contributed by atoms with van der Waals surface area (Å²) in [6.45, 7) is 0. The van der Waals surface area contributed by atoms with Gasteiger partial charge in [-0.3, -0.25) is 19.9 Å². The number of carbonyl (C=O) groups excluding carboxylic acids is 1. The van der Waals surface area contributed by atoms with Gasteiger partial charge in [0, 0.05) is 17.2 Å². The van der Waals surface area contributed by atoms with Gasteiger partial charge in [0.25, 0.3) is 11.5 Å². The smallest absolute Gasteiger partial charge is 0.281 e. The highest BCUT2D eigenvalue weighted by atomic mass is 16.6. The van der Waals surface area contributed by atoms with Gasteiger partial charge in [-0.25, -0.2) is 0 Å². The number of fused-ring (bicyclic) bond motifs is 1. The van der Waals surface area contributed by atoms with Crippen molar-refractivity contribution < 1.29 is 14.3 Å². The fraction of sp³-hybridized carbons (Fsp3) is 0. The van der Waals surface area contributed by atoms with E-state index >= 15 is 0 Å². The van der Waals surface area contributed by atoms with Crippen molar-refractivity contribution in [1.82, 2.24) is 0 Å². The molecule has 0 radical (unpaired) electrons. The third-order valence-electron chi connectivity index (χ3n) is 5.35. The molecule has 2 aromatic carbocycles. The van der Waals surface area contributed by atoms with E-state index in [2.05, 4.69) is 4.99 Å². The molecular weight excluding hydrogens is 394 g/mol. The van der Waals surface area contributed by atoms with Gasteiger partial charge in [-0.15, -0.1) is 4.59 Å². The first-order valence-corrected chi connectivity index (χ1v) is 9.48. The molecule has 1 unspecified atom stereocenters. The molecule has 0 saturated carbocycles. The standard InChI is InChI=1S/C23H16N5O3/c24-28-12-11-25-14-20(28)21(15-7-4-8-15)26-23(28)17-9-10-18(19(13-17)27(30)31)22(29)16-5-2-1-3-6-16/h1-14H,24H2/q+1. The Morgan fingerprint density at radius 3 is 2.58 bits per heavy atom. The summed E-state index contributed by atoms with van der Waals surface area (Å²) < 4.78 is -0.257. The SMILES string of the molecule is N[N+]12C=CN=CC1=C(C1=CC=C1)N=C2c1ccc(C(=O)c2ccccc2)c([N+](=O)[O-])c1. The molecule has 8 heteroatoms. The number of nitrogens with two attached hydrogens (primary N) is 1. The Morgan fingerprint density at radius 1 is 1.13 bits per heavy atom. The van der Waals surface area contributed by atoms with Crippen molar-refractivity contribution in [2.24, 2.45) is 15.8 Å². The first-order chi connectivity index (χ1) is 15.0. The van der Waals surface area contributed by atoms with Crippen LogP contribution in [0, 0.1) is 10.1 Å². The Labute approximate surface area is 177 Å². The number of quaternary nitrogens is 1. The predicted molar refractivity (Wildman–Crippen MR) is 116 cm³/mol. The van der Waals surface area contributed by atoms with E-state index in [1.807, 2.05) is 18.2 Å². The number of rotatable bonds is 5. The highest BCUT2D eigenvalue weighted by Crippen LogP contribution is 2.37. The maximum Gasteiger partial charge on any atom is 0.281 e. The number of carbonyl (C=O) groups is 1. The molecule has 2 N–H and O–H groups in total. The second-order valence-corrected chi connectivity index (χ2v) is 7.19. The zero-order valence-electron chi connectivity index (χ0n) is 16.2. The molecule has 0 saturated heterocycles. The zero-order chi connectivity index (χ0) is 21.6. The molecular formula is C23H16N5O3+. The van der Waals surface area contributed by atoms with Gasteiger partial charge in [0.2, 0.25) is 5.70 Å². The monoisotopic (exact) mass is 410 g/mol. The summed E-state index contributed by atoms with van der Waals surface area (Å²) in [4.78, 5) is 33.0. The lowest BCUT2D eigenvalue weighted by atomic mass is 9.99.